The van der Waals surface area contributed by atoms with E-state index in [2.05, 4.69) is 68.0 Å². The Bertz CT molecular complexity index is 1080. The van der Waals surface area contributed by atoms with Crippen LogP contribution in [0.4, 0.5) is 5.69 Å². The Morgan fingerprint density at radius 3 is 2.56 bits per heavy atom. The van der Waals surface area contributed by atoms with Gasteiger partial charge in [0, 0.05) is 16.4 Å². The van der Waals surface area contributed by atoms with Crippen LogP contribution in [0.3, 0.4) is 0 Å². The summed E-state index contributed by atoms with van der Waals surface area (Å²) in [4.78, 5) is 4.55. The number of hydrogen-bond donors (Lipinski definition) is 0. The third-order valence-corrected chi connectivity index (χ3v) is 5.27. The van der Waals surface area contributed by atoms with Gasteiger partial charge in [0.05, 0.1) is 22.6 Å². The highest BCUT2D eigenvalue weighted by Gasteiger charge is 2.03. The van der Waals surface area contributed by atoms with Crippen LogP contribution in [0, 0.1) is 0 Å². The van der Waals surface area contributed by atoms with Gasteiger partial charge in [-0.3, -0.25) is 4.99 Å². The van der Waals surface area contributed by atoms with Crippen LogP contribution in [0.2, 0.25) is 5.02 Å². The molecule has 0 aliphatic heterocycles. The molecule has 0 saturated carbocycles. The van der Waals surface area contributed by atoms with Crippen molar-refractivity contribution in [2.24, 2.45) is 4.99 Å². The SMILES string of the molecule is Clc1cc(N=Cc2cccn2-c2ccc3ccccc3c2)ccc1Br. The minimum Gasteiger partial charge on any atom is -0.316 e. The van der Waals surface area contributed by atoms with Crippen molar-refractivity contribution in [3.05, 3.63) is 94.2 Å². The van der Waals surface area contributed by atoms with Crippen molar-refractivity contribution in [3.63, 3.8) is 0 Å². The molecule has 0 unspecified atom stereocenters. The smallest absolute Gasteiger partial charge is 0.0646 e. The molecule has 25 heavy (non-hydrogen) atoms. The van der Waals surface area contributed by atoms with Gasteiger partial charge in [-0.1, -0.05) is 41.9 Å². The fourth-order valence-corrected chi connectivity index (χ4v) is 3.19. The second-order valence-electron chi connectivity index (χ2n) is 5.69. The molecule has 0 bridgehead atoms. The van der Waals surface area contributed by atoms with Crippen LogP contribution in [-0.4, -0.2) is 10.8 Å². The highest BCUT2D eigenvalue weighted by Crippen LogP contribution is 2.27. The lowest BCUT2D eigenvalue weighted by molar-refractivity contribution is 1.07. The molecule has 3 aromatic carbocycles. The van der Waals surface area contributed by atoms with Crippen molar-refractivity contribution < 1.29 is 0 Å². The zero-order valence-electron chi connectivity index (χ0n) is 13.2. The van der Waals surface area contributed by atoms with Gasteiger partial charge >= 0.3 is 0 Å². The summed E-state index contributed by atoms with van der Waals surface area (Å²) in [6.45, 7) is 0. The lowest BCUT2D eigenvalue weighted by Gasteiger charge is -2.08. The Kier molecular flexibility index (Phi) is 4.43. The van der Waals surface area contributed by atoms with Crippen molar-refractivity contribution in [2.45, 2.75) is 0 Å². The van der Waals surface area contributed by atoms with Crippen molar-refractivity contribution in [2.75, 3.05) is 0 Å². The van der Waals surface area contributed by atoms with E-state index in [0.29, 0.717) is 5.02 Å². The zero-order chi connectivity index (χ0) is 17.2. The number of aromatic nitrogens is 1. The van der Waals surface area contributed by atoms with Crippen LogP contribution in [0.25, 0.3) is 16.5 Å². The number of nitrogens with zero attached hydrogens (tertiary/aromatic N) is 2. The van der Waals surface area contributed by atoms with Gasteiger partial charge in [-0.15, -0.1) is 0 Å². The van der Waals surface area contributed by atoms with Gasteiger partial charge in [0.2, 0.25) is 0 Å². The quantitative estimate of drug-likeness (QED) is 0.331. The van der Waals surface area contributed by atoms with Crippen molar-refractivity contribution in [3.8, 4) is 5.69 Å². The predicted octanol–water partition coefficient (Wildman–Crippen LogP) is 6.80. The monoisotopic (exact) mass is 408 g/mol. The van der Waals surface area contributed by atoms with E-state index in [9.17, 15) is 0 Å². The molecule has 0 amide bonds. The van der Waals surface area contributed by atoms with Gasteiger partial charge in [0.25, 0.3) is 0 Å². The van der Waals surface area contributed by atoms with Crippen molar-refractivity contribution in [1.29, 1.82) is 0 Å². The van der Waals surface area contributed by atoms with E-state index in [1.165, 1.54) is 10.8 Å². The maximum atomic E-state index is 6.13. The highest BCUT2D eigenvalue weighted by molar-refractivity contribution is 9.10. The van der Waals surface area contributed by atoms with Gasteiger partial charge in [0.1, 0.15) is 0 Å². The molecule has 4 heteroatoms. The minimum absolute atomic E-state index is 0.652. The van der Waals surface area contributed by atoms with E-state index >= 15 is 0 Å². The molecule has 0 saturated heterocycles. The lowest BCUT2D eigenvalue weighted by atomic mass is 10.1. The fourth-order valence-electron chi connectivity index (χ4n) is 2.77. The first-order chi connectivity index (χ1) is 12.2. The summed E-state index contributed by atoms with van der Waals surface area (Å²) in [6.07, 6.45) is 3.90. The molecule has 122 valence electrons. The van der Waals surface area contributed by atoms with Gasteiger partial charge in [-0.25, -0.2) is 0 Å². The van der Waals surface area contributed by atoms with Crippen LogP contribution >= 0.6 is 27.5 Å². The van der Waals surface area contributed by atoms with E-state index in [-0.39, 0.29) is 0 Å². The normalized spacial score (nSPS) is 11.4. The molecule has 0 fully saturated rings. The highest BCUT2D eigenvalue weighted by atomic mass is 79.9. The summed E-state index contributed by atoms with van der Waals surface area (Å²) in [5, 5.41) is 3.11. The largest absolute Gasteiger partial charge is 0.316 e. The summed E-state index contributed by atoms with van der Waals surface area (Å²) < 4.78 is 2.99. The Hall–Kier alpha value is -2.36. The molecule has 1 heterocycles. The molecule has 0 aliphatic carbocycles. The fraction of sp³-hybridized carbons (Fsp3) is 0. The standard InChI is InChI=1S/C21H14BrClN2/c22-20-10-8-17(13-21(20)23)24-14-19-6-3-11-25(19)18-9-7-15-4-1-2-5-16(15)12-18/h1-14H. The van der Waals surface area contributed by atoms with Crippen LogP contribution < -0.4 is 0 Å². The number of aliphatic imine (C=N–C) groups is 1. The number of fused-ring (bicyclic) bond motifs is 1. The van der Waals surface area contributed by atoms with Gasteiger partial charge in [0.15, 0.2) is 0 Å². The van der Waals surface area contributed by atoms with Crippen LogP contribution in [-0.2, 0) is 0 Å². The topological polar surface area (TPSA) is 17.3 Å². The summed E-state index contributed by atoms with van der Waals surface area (Å²) in [5.74, 6) is 0. The summed E-state index contributed by atoms with van der Waals surface area (Å²) in [7, 11) is 0. The first kappa shape index (κ1) is 16.1. The minimum atomic E-state index is 0.652. The van der Waals surface area contributed by atoms with E-state index in [4.69, 9.17) is 11.6 Å². The average Bonchev–Trinajstić information content (AvgIpc) is 3.11. The second-order valence-corrected chi connectivity index (χ2v) is 6.95. The number of rotatable bonds is 3. The van der Waals surface area contributed by atoms with Crippen LogP contribution in [0.15, 0.2) is 88.5 Å². The number of benzene rings is 3. The molecular formula is C21H14BrClN2. The van der Waals surface area contributed by atoms with Crippen LogP contribution in [0.1, 0.15) is 5.69 Å². The lowest BCUT2D eigenvalue weighted by Crippen LogP contribution is -1.97. The molecule has 4 rings (SSSR count). The first-order valence-electron chi connectivity index (χ1n) is 7.86. The molecule has 0 spiro atoms. The second kappa shape index (κ2) is 6.87. The average molecular weight is 410 g/mol. The molecule has 2 nitrogen and oxygen atoms in total. The van der Waals surface area contributed by atoms with Crippen molar-refractivity contribution in [1.82, 2.24) is 4.57 Å². The van der Waals surface area contributed by atoms with E-state index in [1.54, 1.807) is 0 Å². The molecule has 0 radical (unpaired) electrons. The van der Waals surface area contributed by atoms with Crippen LogP contribution in [0.5, 0.6) is 0 Å². The summed E-state index contributed by atoms with van der Waals surface area (Å²) in [5.41, 5.74) is 2.94. The van der Waals surface area contributed by atoms with Gasteiger partial charge in [-0.2, -0.15) is 0 Å². The Labute approximate surface area is 159 Å². The molecular weight excluding hydrogens is 396 g/mol. The molecule has 1 aromatic heterocycles. The maximum absolute atomic E-state index is 6.13. The Morgan fingerprint density at radius 1 is 0.880 bits per heavy atom. The Balaban J connectivity index is 1.69. The molecule has 0 N–H and O–H groups in total. The third-order valence-electron chi connectivity index (χ3n) is 4.04. The van der Waals surface area contributed by atoms with E-state index < -0.39 is 0 Å². The molecule has 4 aromatic rings. The molecule has 0 atom stereocenters. The Morgan fingerprint density at radius 2 is 1.72 bits per heavy atom. The van der Waals surface area contributed by atoms with Crippen molar-refractivity contribution >= 4 is 50.2 Å². The number of halogens is 2. The van der Waals surface area contributed by atoms with E-state index in [0.717, 1.165) is 21.5 Å². The summed E-state index contributed by atoms with van der Waals surface area (Å²) >= 11 is 9.52. The third kappa shape index (κ3) is 3.39. The zero-order valence-corrected chi connectivity index (χ0v) is 15.6. The predicted molar refractivity (Wildman–Crippen MR) is 110 cm³/mol. The summed E-state index contributed by atoms with van der Waals surface area (Å²) in [6, 6.07) is 24.5. The maximum Gasteiger partial charge on any atom is 0.0646 e. The number of hydrogen-bond acceptors (Lipinski definition) is 1. The van der Waals surface area contributed by atoms with Gasteiger partial charge < -0.3 is 4.57 Å². The van der Waals surface area contributed by atoms with Gasteiger partial charge in [-0.05, 0) is 69.2 Å². The molecule has 0 aliphatic rings. The first-order valence-corrected chi connectivity index (χ1v) is 9.03. The van der Waals surface area contributed by atoms with E-state index in [1.807, 2.05) is 42.7 Å².